The topological polar surface area (TPSA) is 49.8 Å². The SMILES string of the molecule is Cc1ccccc1CCC(=O)N(C)CC1(O)CCOCC1. The van der Waals surface area contributed by atoms with Gasteiger partial charge < -0.3 is 14.7 Å². The van der Waals surface area contributed by atoms with E-state index in [0.29, 0.717) is 39.0 Å². The second-order valence-electron chi connectivity index (χ2n) is 6.01. The van der Waals surface area contributed by atoms with Crippen molar-refractivity contribution < 1.29 is 14.6 Å². The van der Waals surface area contributed by atoms with Gasteiger partial charge in [0.15, 0.2) is 0 Å². The van der Waals surface area contributed by atoms with Crippen molar-refractivity contribution in [1.82, 2.24) is 4.90 Å². The molecule has 1 aromatic carbocycles. The van der Waals surface area contributed by atoms with Gasteiger partial charge in [0.25, 0.3) is 0 Å². The highest BCUT2D eigenvalue weighted by Gasteiger charge is 2.32. The quantitative estimate of drug-likeness (QED) is 0.902. The van der Waals surface area contributed by atoms with E-state index in [0.717, 1.165) is 6.42 Å². The zero-order valence-corrected chi connectivity index (χ0v) is 13.0. The molecule has 0 aromatic heterocycles. The minimum atomic E-state index is -0.786. The Morgan fingerprint density at radius 2 is 2.00 bits per heavy atom. The Kier molecular flexibility index (Phi) is 5.37. The number of carbonyl (C=O) groups excluding carboxylic acids is 1. The molecule has 1 aliphatic heterocycles. The van der Waals surface area contributed by atoms with Crippen LogP contribution >= 0.6 is 0 Å². The first-order valence-corrected chi connectivity index (χ1v) is 7.59. The van der Waals surface area contributed by atoms with Crippen LogP contribution in [0.2, 0.25) is 0 Å². The van der Waals surface area contributed by atoms with Gasteiger partial charge in [0.2, 0.25) is 5.91 Å². The molecule has 2 rings (SSSR count). The van der Waals surface area contributed by atoms with Gasteiger partial charge in [0.1, 0.15) is 0 Å². The second kappa shape index (κ2) is 7.05. The summed E-state index contributed by atoms with van der Waals surface area (Å²) < 4.78 is 5.26. The van der Waals surface area contributed by atoms with Crippen LogP contribution in [-0.2, 0) is 16.0 Å². The van der Waals surface area contributed by atoms with E-state index in [9.17, 15) is 9.90 Å². The van der Waals surface area contributed by atoms with Gasteiger partial charge in [-0.3, -0.25) is 4.79 Å². The predicted molar refractivity (Wildman–Crippen MR) is 82.1 cm³/mol. The first kappa shape index (κ1) is 16.0. The lowest BCUT2D eigenvalue weighted by atomic mass is 9.93. The summed E-state index contributed by atoms with van der Waals surface area (Å²) in [5.41, 5.74) is 1.64. The van der Waals surface area contributed by atoms with Crippen molar-refractivity contribution >= 4 is 5.91 Å². The highest BCUT2D eigenvalue weighted by atomic mass is 16.5. The van der Waals surface area contributed by atoms with Gasteiger partial charge >= 0.3 is 0 Å². The van der Waals surface area contributed by atoms with E-state index in [1.165, 1.54) is 11.1 Å². The van der Waals surface area contributed by atoms with E-state index in [1.54, 1.807) is 11.9 Å². The normalized spacial score (nSPS) is 17.5. The van der Waals surface area contributed by atoms with Crippen LogP contribution in [-0.4, -0.2) is 48.3 Å². The summed E-state index contributed by atoms with van der Waals surface area (Å²) in [5.74, 6) is 0.0816. The molecular formula is C17H25NO3. The fourth-order valence-corrected chi connectivity index (χ4v) is 2.76. The number of amides is 1. The first-order chi connectivity index (χ1) is 10.0. The number of carbonyl (C=O) groups is 1. The zero-order chi connectivity index (χ0) is 15.3. The second-order valence-corrected chi connectivity index (χ2v) is 6.01. The lowest BCUT2D eigenvalue weighted by Crippen LogP contribution is -2.47. The lowest BCUT2D eigenvalue weighted by molar-refractivity contribution is -0.136. The fraction of sp³-hybridized carbons (Fsp3) is 0.588. The number of rotatable bonds is 5. The van der Waals surface area contributed by atoms with Crippen LogP contribution in [0.3, 0.4) is 0 Å². The van der Waals surface area contributed by atoms with Gasteiger partial charge in [0, 0.05) is 46.1 Å². The summed E-state index contributed by atoms with van der Waals surface area (Å²) in [7, 11) is 1.77. The average molecular weight is 291 g/mol. The van der Waals surface area contributed by atoms with Crippen molar-refractivity contribution in [3.63, 3.8) is 0 Å². The van der Waals surface area contributed by atoms with Gasteiger partial charge in [-0.05, 0) is 24.5 Å². The van der Waals surface area contributed by atoms with Crippen LogP contribution in [0.4, 0.5) is 0 Å². The van der Waals surface area contributed by atoms with E-state index in [2.05, 4.69) is 19.1 Å². The van der Waals surface area contributed by atoms with E-state index in [-0.39, 0.29) is 5.91 Å². The highest BCUT2D eigenvalue weighted by molar-refractivity contribution is 5.76. The van der Waals surface area contributed by atoms with Crippen molar-refractivity contribution in [2.75, 3.05) is 26.8 Å². The molecule has 4 heteroatoms. The summed E-state index contributed by atoms with van der Waals surface area (Å²) in [6.45, 7) is 3.60. The molecule has 0 saturated carbocycles. The Hall–Kier alpha value is -1.39. The van der Waals surface area contributed by atoms with Crippen molar-refractivity contribution in [1.29, 1.82) is 0 Å². The molecule has 0 radical (unpaired) electrons. The monoisotopic (exact) mass is 291 g/mol. The Morgan fingerprint density at radius 1 is 1.33 bits per heavy atom. The standard InChI is InChI=1S/C17H25NO3/c1-14-5-3-4-6-15(14)7-8-16(19)18(2)13-17(20)9-11-21-12-10-17/h3-6,20H,7-13H2,1-2H3. The minimum Gasteiger partial charge on any atom is -0.388 e. The molecule has 0 spiro atoms. The van der Waals surface area contributed by atoms with Gasteiger partial charge in [-0.15, -0.1) is 0 Å². The maximum atomic E-state index is 12.2. The number of hydrogen-bond donors (Lipinski definition) is 1. The van der Waals surface area contributed by atoms with Crippen LogP contribution in [0.25, 0.3) is 0 Å². The molecular weight excluding hydrogens is 266 g/mol. The van der Waals surface area contributed by atoms with E-state index < -0.39 is 5.60 Å². The maximum Gasteiger partial charge on any atom is 0.222 e. The number of benzene rings is 1. The molecule has 0 atom stereocenters. The summed E-state index contributed by atoms with van der Waals surface area (Å²) >= 11 is 0. The van der Waals surface area contributed by atoms with Crippen LogP contribution in [0, 0.1) is 6.92 Å². The molecule has 21 heavy (non-hydrogen) atoms. The van der Waals surface area contributed by atoms with Gasteiger partial charge in [-0.25, -0.2) is 0 Å². The smallest absolute Gasteiger partial charge is 0.222 e. The molecule has 0 bridgehead atoms. The van der Waals surface area contributed by atoms with Gasteiger partial charge in [-0.2, -0.15) is 0 Å². The summed E-state index contributed by atoms with van der Waals surface area (Å²) in [6, 6.07) is 8.14. The third kappa shape index (κ3) is 4.55. The highest BCUT2D eigenvalue weighted by Crippen LogP contribution is 2.21. The van der Waals surface area contributed by atoms with E-state index >= 15 is 0 Å². The molecule has 1 amide bonds. The van der Waals surface area contributed by atoms with Crippen molar-refractivity contribution in [3.05, 3.63) is 35.4 Å². The number of aryl methyl sites for hydroxylation is 2. The minimum absolute atomic E-state index is 0.0816. The molecule has 1 N–H and O–H groups in total. The van der Waals surface area contributed by atoms with Crippen LogP contribution in [0.1, 0.15) is 30.4 Å². The third-order valence-electron chi connectivity index (χ3n) is 4.25. The summed E-state index contributed by atoms with van der Waals surface area (Å²) in [5, 5.41) is 10.4. The molecule has 1 fully saturated rings. The average Bonchev–Trinajstić information content (AvgIpc) is 2.46. The molecule has 1 saturated heterocycles. The molecule has 1 aromatic rings. The fourth-order valence-electron chi connectivity index (χ4n) is 2.76. The van der Waals surface area contributed by atoms with Crippen LogP contribution < -0.4 is 0 Å². The Labute approximate surface area is 126 Å². The molecule has 0 aliphatic carbocycles. The Balaban J connectivity index is 1.84. The molecule has 1 heterocycles. The number of hydrogen-bond acceptors (Lipinski definition) is 3. The van der Waals surface area contributed by atoms with Crippen LogP contribution in [0.15, 0.2) is 24.3 Å². The van der Waals surface area contributed by atoms with E-state index in [4.69, 9.17) is 4.74 Å². The third-order valence-corrected chi connectivity index (χ3v) is 4.25. The van der Waals surface area contributed by atoms with Crippen molar-refractivity contribution in [3.8, 4) is 0 Å². The zero-order valence-electron chi connectivity index (χ0n) is 13.0. The number of aliphatic hydroxyl groups is 1. The lowest BCUT2D eigenvalue weighted by Gasteiger charge is -2.35. The van der Waals surface area contributed by atoms with Crippen molar-refractivity contribution in [2.24, 2.45) is 0 Å². The van der Waals surface area contributed by atoms with Crippen molar-refractivity contribution in [2.45, 2.75) is 38.2 Å². The molecule has 1 aliphatic rings. The number of likely N-dealkylation sites (N-methyl/N-ethyl adjacent to an activating group) is 1. The molecule has 4 nitrogen and oxygen atoms in total. The first-order valence-electron chi connectivity index (χ1n) is 7.59. The van der Waals surface area contributed by atoms with E-state index in [1.807, 2.05) is 12.1 Å². The summed E-state index contributed by atoms with van der Waals surface area (Å²) in [4.78, 5) is 13.9. The summed E-state index contributed by atoms with van der Waals surface area (Å²) in [6.07, 6.45) is 2.43. The van der Waals surface area contributed by atoms with Crippen LogP contribution in [0.5, 0.6) is 0 Å². The molecule has 0 unspecified atom stereocenters. The Morgan fingerprint density at radius 3 is 2.67 bits per heavy atom. The van der Waals surface area contributed by atoms with Gasteiger partial charge in [0.05, 0.1) is 5.60 Å². The number of nitrogens with zero attached hydrogens (tertiary/aromatic N) is 1. The van der Waals surface area contributed by atoms with Gasteiger partial charge in [-0.1, -0.05) is 24.3 Å². The predicted octanol–water partition coefficient (Wildman–Crippen LogP) is 1.93. The number of ether oxygens (including phenoxy) is 1. The maximum absolute atomic E-state index is 12.2. The Bertz CT molecular complexity index is 481. The largest absolute Gasteiger partial charge is 0.388 e. The molecule has 116 valence electrons.